The highest BCUT2D eigenvalue weighted by Crippen LogP contribution is 2.14. The van der Waals surface area contributed by atoms with Crippen molar-refractivity contribution in [3.05, 3.63) is 0 Å². The molecule has 4 heteroatoms. The lowest BCUT2D eigenvalue weighted by atomic mass is 10.00. The van der Waals surface area contributed by atoms with E-state index in [9.17, 15) is 4.79 Å². The average Bonchev–Trinajstić information content (AvgIpc) is 2.03. The van der Waals surface area contributed by atoms with Gasteiger partial charge in [-0.2, -0.15) is 0 Å². The fourth-order valence-corrected chi connectivity index (χ4v) is 1.84. The van der Waals surface area contributed by atoms with Crippen molar-refractivity contribution in [2.75, 3.05) is 26.2 Å². The first-order valence-electron chi connectivity index (χ1n) is 4.87. The van der Waals surface area contributed by atoms with Crippen LogP contribution in [0.15, 0.2) is 0 Å². The number of likely N-dealkylation sites (tertiary alicyclic amines) is 1. The zero-order valence-electron chi connectivity index (χ0n) is 7.79. The standard InChI is InChI=1S/C9H16N2O.ClH/c12-9(8-6-10-7-8)11-4-2-1-3-5-11;/h8,10H,1-7H2;1H. The Morgan fingerprint density at radius 3 is 2.23 bits per heavy atom. The van der Waals surface area contributed by atoms with Crippen LogP contribution >= 0.6 is 12.4 Å². The first kappa shape index (κ1) is 10.8. The number of carbonyl (C=O) groups excluding carboxylic acids is 1. The van der Waals surface area contributed by atoms with Gasteiger partial charge in [0, 0.05) is 26.2 Å². The lowest BCUT2D eigenvalue weighted by Gasteiger charge is -2.34. The number of nitrogens with one attached hydrogen (secondary N) is 1. The predicted octanol–water partition coefficient (Wildman–Crippen LogP) is 0.640. The maximum absolute atomic E-state index is 11.7. The second-order valence-electron chi connectivity index (χ2n) is 3.74. The lowest BCUT2D eigenvalue weighted by molar-refractivity contribution is -0.137. The molecule has 0 aromatic heterocycles. The van der Waals surface area contributed by atoms with Crippen molar-refractivity contribution >= 4 is 18.3 Å². The van der Waals surface area contributed by atoms with E-state index >= 15 is 0 Å². The third-order valence-electron chi connectivity index (χ3n) is 2.80. The van der Waals surface area contributed by atoms with Crippen LogP contribution in [0.3, 0.4) is 0 Å². The van der Waals surface area contributed by atoms with Crippen LogP contribution in [0.5, 0.6) is 0 Å². The van der Waals surface area contributed by atoms with Gasteiger partial charge in [-0.1, -0.05) is 0 Å². The summed E-state index contributed by atoms with van der Waals surface area (Å²) in [5, 5.41) is 3.13. The number of halogens is 1. The molecule has 0 bridgehead atoms. The molecule has 3 nitrogen and oxygen atoms in total. The van der Waals surface area contributed by atoms with Crippen LogP contribution in [0.1, 0.15) is 19.3 Å². The van der Waals surface area contributed by atoms with Gasteiger partial charge >= 0.3 is 0 Å². The third-order valence-corrected chi connectivity index (χ3v) is 2.80. The van der Waals surface area contributed by atoms with Crippen LogP contribution in [-0.4, -0.2) is 37.0 Å². The summed E-state index contributed by atoms with van der Waals surface area (Å²) in [5.74, 6) is 0.677. The fourth-order valence-electron chi connectivity index (χ4n) is 1.84. The van der Waals surface area contributed by atoms with Gasteiger partial charge in [0.15, 0.2) is 0 Å². The van der Waals surface area contributed by atoms with E-state index in [1.54, 1.807) is 0 Å². The minimum atomic E-state index is 0. The summed E-state index contributed by atoms with van der Waals surface area (Å²) in [6, 6.07) is 0. The number of amides is 1. The van der Waals surface area contributed by atoms with Crippen molar-refractivity contribution in [1.29, 1.82) is 0 Å². The van der Waals surface area contributed by atoms with Crippen LogP contribution < -0.4 is 5.32 Å². The van der Waals surface area contributed by atoms with Crippen molar-refractivity contribution in [1.82, 2.24) is 10.2 Å². The second-order valence-corrected chi connectivity index (χ2v) is 3.74. The Morgan fingerprint density at radius 2 is 1.77 bits per heavy atom. The highest BCUT2D eigenvalue weighted by Gasteiger charge is 2.29. The highest BCUT2D eigenvalue weighted by atomic mass is 35.5. The Labute approximate surface area is 85.3 Å². The van der Waals surface area contributed by atoms with Crippen LogP contribution in [0.4, 0.5) is 0 Å². The van der Waals surface area contributed by atoms with Gasteiger partial charge in [0.2, 0.25) is 5.91 Å². The summed E-state index contributed by atoms with van der Waals surface area (Å²) in [6.07, 6.45) is 3.70. The SMILES string of the molecule is Cl.O=C(C1CNC1)N1CCCCC1. The van der Waals surface area contributed by atoms with E-state index in [1.807, 2.05) is 4.90 Å². The van der Waals surface area contributed by atoms with Crippen LogP contribution in [0, 0.1) is 5.92 Å². The molecule has 0 aromatic rings. The second kappa shape index (κ2) is 4.82. The quantitative estimate of drug-likeness (QED) is 0.680. The van der Waals surface area contributed by atoms with Crippen molar-refractivity contribution in [2.45, 2.75) is 19.3 Å². The summed E-state index contributed by atoms with van der Waals surface area (Å²) in [7, 11) is 0. The molecule has 0 aromatic carbocycles. The summed E-state index contributed by atoms with van der Waals surface area (Å²) >= 11 is 0. The molecular formula is C9H17ClN2O. The molecule has 0 radical (unpaired) electrons. The summed E-state index contributed by atoms with van der Waals surface area (Å²) in [6.45, 7) is 3.79. The zero-order chi connectivity index (χ0) is 8.39. The molecule has 76 valence electrons. The van der Waals surface area contributed by atoms with E-state index < -0.39 is 0 Å². The summed E-state index contributed by atoms with van der Waals surface area (Å²) < 4.78 is 0. The Morgan fingerprint density at radius 1 is 1.15 bits per heavy atom. The first-order chi connectivity index (χ1) is 5.88. The van der Waals surface area contributed by atoms with Crippen molar-refractivity contribution < 1.29 is 4.79 Å². The largest absolute Gasteiger partial charge is 0.342 e. The van der Waals surface area contributed by atoms with Crippen molar-refractivity contribution in [3.63, 3.8) is 0 Å². The third kappa shape index (κ3) is 2.35. The Kier molecular flexibility index (Phi) is 4.00. The van der Waals surface area contributed by atoms with E-state index in [-0.39, 0.29) is 12.4 Å². The molecule has 0 atom stereocenters. The number of hydrogen-bond acceptors (Lipinski definition) is 2. The van der Waals surface area contributed by atoms with Crippen LogP contribution in [-0.2, 0) is 4.79 Å². The highest BCUT2D eigenvalue weighted by molar-refractivity contribution is 5.85. The molecule has 0 saturated carbocycles. The minimum Gasteiger partial charge on any atom is -0.342 e. The van der Waals surface area contributed by atoms with Crippen LogP contribution in [0.2, 0.25) is 0 Å². The molecule has 1 amide bonds. The number of carbonyl (C=O) groups is 1. The summed E-state index contributed by atoms with van der Waals surface area (Å²) in [5.41, 5.74) is 0. The van der Waals surface area contributed by atoms with Crippen molar-refractivity contribution in [2.24, 2.45) is 5.92 Å². The number of nitrogens with zero attached hydrogens (tertiary/aromatic N) is 1. The Balaban J connectivity index is 0.000000845. The Hall–Kier alpha value is -0.280. The molecular weight excluding hydrogens is 188 g/mol. The first-order valence-corrected chi connectivity index (χ1v) is 4.87. The van der Waals surface area contributed by atoms with Crippen LogP contribution in [0.25, 0.3) is 0 Å². The number of rotatable bonds is 1. The molecule has 2 aliphatic rings. The van der Waals surface area contributed by atoms with E-state index in [2.05, 4.69) is 5.32 Å². The number of hydrogen-bond donors (Lipinski definition) is 1. The molecule has 2 heterocycles. The summed E-state index contributed by atoms with van der Waals surface area (Å²) in [4.78, 5) is 13.7. The van der Waals surface area contributed by atoms with Gasteiger partial charge in [-0.05, 0) is 19.3 Å². The average molecular weight is 205 g/mol. The maximum Gasteiger partial charge on any atom is 0.228 e. The fraction of sp³-hybridized carbons (Fsp3) is 0.889. The molecule has 2 aliphatic heterocycles. The minimum absolute atomic E-state index is 0. The van der Waals surface area contributed by atoms with E-state index in [0.717, 1.165) is 26.2 Å². The smallest absolute Gasteiger partial charge is 0.228 e. The van der Waals surface area contributed by atoms with Gasteiger partial charge in [-0.3, -0.25) is 4.79 Å². The van der Waals surface area contributed by atoms with Gasteiger partial charge < -0.3 is 10.2 Å². The van der Waals surface area contributed by atoms with Gasteiger partial charge in [0.05, 0.1) is 5.92 Å². The molecule has 0 unspecified atom stereocenters. The van der Waals surface area contributed by atoms with E-state index in [0.29, 0.717) is 11.8 Å². The van der Waals surface area contributed by atoms with Gasteiger partial charge in [0.25, 0.3) is 0 Å². The van der Waals surface area contributed by atoms with E-state index in [1.165, 1.54) is 19.3 Å². The van der Waals surface area contributed by atoms with Crippen molar-refractivity contribution in [3.8, 4) is 0 Å². The van der Waals surface area contributed by atoms with Gasteiger partial charge in [0.1, 0.15) is 0 Å². The molecule has 1 N–H and O–H groups in total. The molecule has 2 fully saturated rings. The predicted molar refractivity (Wildman–Crippen MR) is 54.0 cm³/mol. The molecule has 2 rings (SSSR count). The van der Waals surface area contributed by atoms with Gasteiger partial charge in [-0.25, -0.2) is 0 Å². The van der Waals surface area contributed by atoms with E-state index in [4.69, 9.17) is 0 Å². The lowest BCUT2D eigenvalue weighted by Crippen LogP contribution is -2.52. The Bertz CT molecular complexity index is 176. The molecule has 13 heavy (non-hydrogen) atoms. The monoisotopic (exact) mass is 204 g/mol. The van der Waals surface area contributed by atoms with Gasteiger partial charge in [-0.15, -0.1) is 12.4 Å². The molecule has 0 spiro atoms. The molecule has 2 saturated heterocycles. The number of piperidine rings is 1. The normalized spacial score (nSPS) is 23.2. The maximum atomic E-state index is 11.7. The molecule has 0 aliphatic carbocycles. The topological polar surface area (TPSA) is 32.3 Å². The zero-order valence-corrected chi connectivity index (χ0v) is 8.61.